The zero-order valence-corrected chi connectivity index (χ0v) is 9.94. The molecule has 74 valence electrons. The van der Waals surface area contributed by atoms with Crippen LogP contribution in [-0.4, -0.2) is 5.25 Å². The fraction of sp³-hybridized carbons (Fsp3) is 1.00. The van der Waals surface area contributed by atoms with E-state index in [2.05, 4.69) is 27.7 Å². The first-order chi connectivity index (χ1) is 5.96. The average Bonchev–Trinajstić information content (AvgIpc) is 2.57. The Bertz CT molecular complexity index is 264. The highest BCUT2D eigenvalue weighted by Crippen LogP contribution is 2.85. The molecule has 3 aliphatic carbocycles. The number of hydrogen-bond acceptors (Lipinski definition) is 1. The molecule has 0 bridgehead atoms. The Kier molecular flexibility index (Phi) is 1.32. The zero-order valence-electron chi connectivity index (χ0n) is 9.04. The third kappa shape index (κ3) is 0.616. The molecule has 3 saturated carbocycles. The smallest absolute Gasteiger partial charge is 0.0111 e. The molecule has 4 unspecified atom stereocenters. The summed E-state index contributed by atoms with van der Waals surface area (Å²) in [6.45, 7) is 9.78. The first-order valence-corrected chi connectivity index (χ1v) is 6.16. The van der Waals surface area contributed by atoms with Gasteiger partial charge in [-0.25, -0.2) is 0 Å². The number of rotatable bonds is 0. The molecule has 0 aromatic carbocycles. The minimum Gasteiger partial charge on any atom is -0.175 e. The fourth-order valence-corrected chi connectivity index (χ4v) is 5.71. The van der Waals surface area contributed by atoms with Gasteiger partial charge in [-0.2, -0.15) is 12.6 Å². The summed E-state index contributed by atoms with van der Waals surface area (Å²) in [5.41, 5.74) is 1.38. The summed E-state index contributed by atoms with van der Waals surface area (Å²) in [6, 6.07) is 0. The highest BCUT2D eigenvalue weighted by Gasteiger charge is 2.82. The quantitative estimate of drug-likeness (QED) is 0.565. The molecule has 0 aliphatic heterocycles. The zero-order chi connectivity index (χ0) is 9.59. The minimum absolute atomic E-state index is 0.684. The van der Waals surface area contributed by atoms with Gasteiger partial charge in [-0.1, -0.05) is 27.7 Å². The van der Waals surface area contributed by atoms with E-state index < -0.39 is 0 Å². The molecule has 3 rings (SSSR count). The fourth-order valence-electron chi connectivity index (χ4n) is 5.03. The molecular weight excluding hydrogens is 176 g/mol. The molecule has 0 heterocycles. The number of fused-ring (bicyclic) bond motifs is 2. The Morgan fingerprint density at radius 2 is 1.69 bits per heavy atom. The Balaban J connectivity index is 1.88. The van der Waals surface area contributed by atoms with E-state index in [1.54, 1.807) is 0 Å². The van der Waals surface area contributed by atoms with Gasteiger partial charge in [0.2, 0.25) is 0 Å². The lowest BCUT2D eigenvalue weighted by molar-refractivity contribution is -0.236. The van der Waals surface area contributed by atoms with Crippen LogP contribution in [0.5, 0.6) is 0 Å². The Hall–Kier alpha value is 0.350. The van der Waals surface area contributed by atoms with Gasteiger partial charge in [0.1, 0.15) is 0 Å². The number of thiol groups is 1. The van der Waals surface area contributed by atoms with Crippen LogP contribution in [0.25, 0.3) is 0 Å². The van der Waals surface area contributed by atoms with Crippen LogP contribution in [-0.2, 0) is 0 Å². The molecule has 3 fully saturated rings. The van der Waals surface area contributed by atoms with Crippen molar-refractivity contribution in [2.45, 2.75) is 39.4 Å². The van der Waals surface area contributed by atoms with Crippen molar-refractivity contribution in [3.8, 4) is 0 Å². The van der Waals surface area contributed by atoms with Crippen LogP contribution in [0.3, 0.4) is 0 Å². The lowest BCUT2D eigenvalue weighted by Crippen LogP contribution is -2.66. The van der Waals surface area contributed by atoms with Crippen LogP contribution < -0.4 is 0 Å². The van der Waals surface area contributed by atoms with Gasteiger partial charge in [-0.15, -0.1) is 0 Å². The van der Waals surface area contributed by atoms with Gasteiger partial charge < -0.3 is 0 Å². The summed E-state index contributed by atoms with van der Waals surface area (Å²) in [5, 5.41) is 0.723. The molecule has 1 heteroatoms. The van der Waals surface area contributed by atoms with E-state index in [1.165, 1.54) is 6.42 Å². The standard InChI is InChI=1S/C12H20S/c1-6-7(2)11(4)5-12(9(6)11)8(3)10(12)13/h6-10,13H,5H2,1-4H3/t6?,7?,8?,9-,10+,11+,12?/m0/s1. The highest BCUT2D eigenvalue weighted by molar-refractivity contribution is 7.81. The maximum Gasteiger partial charge on any atom is 0.0111 e. The van der Waals surface area contributed by atoms with Crippen LogP contribution in [0, 0.1) is 34.5 Å². The van der Waals surface area contributed by atoms with Crippen LogP contribution in [0.2, 0.25) is 0 Å². The monoisotopic (exact) mass is 196 g/mol. The van der Waals surface area contributed by atoms with E-state index in [4.69, 9.17) is 12.6 Å². The summed E-state index contributed by atoms with van der Waals surface area (Å²) in [6.07, 6.45) is 1.46. The second kappa shape index (κ2) is 1.98. The molecule has 0 nitrogen and oxygen atoms in total. The van der Waals surface area contributed by atoms with E-state index in [0.29, 0.717) is 10.8 Å². The molecule has 0 amide bonds. The molecule has 0 aromatic heterocycles. The topological polar surface area (TPSA) is 0 Å². The van der Waals surface area contributed by atoms with E-state index in [0.717, 1.165) is 28.9 Å². The normalized spacial score (nSPS) is 74.1. The molecule has 0 aromatic rings. The maximum absolute atomic E-state index is 4.73. The Morgan fingerprint density at radius 3 is 2.08 bits per heavy atom. The van der Waals surface area contributed by atoms with E-state index >= 15 is 0 Å². The van der Waals surface area contributed by atoms with Crippen LogP contribution in [0.4, 0.5) is 0 Å². The van der Waals surface area contributed by atoms with Gasteiger partial charge >= 0.3 is 0 Å². The molecule has 0 radical (unpaired) electrons. The second-order valence-corrected chi connectivity index (χ2v) is 6.71. The third-order valence-corrected chi connectivity index (χ3v) is 7.02. The largest absolute Gasteiger partial charge is 0.175 e. The van der Waals surface area contributed by atoms with Crippen molar-refractivity contribution < 1.29 is 0 Å². The van der Waals surface area contributed by atoms with Crippen molar-refractivity contribution in [2.75, 3.05) is 0 Å². The Morgan fingerprint density at radius 1 is 1.15 bits per heavy atom. The molecule has 3 aliphatic rings. The first-order valence-electron chi connectivity index (χ1n) is 5.64. The van der Waals surface area contributed by atoms with Crippen molar-refractivity contribution in [2.24, 2.45) is 34.5 Å². The van der Waals surface area contributed by atoms with E-state index in [1.807, 2.05) is 0 Å². The van der Waals surface area contributed by atoms with Crippen LogP contribution in [0.1, 0.15) is 34.1 Å². The van der Waals surface area contributed by atoms with Crippen LogP contribution in [0.15, 0.2) is 0 Å². The summed E-state index contributed by atoms with van der Waals surface area (Å²) in [5.74, 6) is 3.81. The van der Waals surface area contributed by atoms with Crippen molar-refractivity contribution in [1.29, 1.82) is 0 Å². The predicted molar refractivity (Wildman–Crippen MR) is 58.9 cm³/mol. The van der Waals surface area contributed by atoms with Crippen molar-refractivity contribution in [3.63, 3.8) is 0 Å². The van der Waals surface area contributed by atoms with Gasteiger partial charge in [-0.3, -0.25) is 0 Å². The SMILES string of the molecule is CC1C(C)[C@@]2(C)CC3(C(C)[C@H]3S)[C@@H]12. The van der Waals surface area contributed by atoms with Gasteiger partial charge in [-0.05, 0) is 40.9 Å². The molecular formula is C12H20S. The minimum atomic E-state index is 0.684. The van der Waals surface area contributed by atoms with Crippen molar-refractivity contribution in [1.82, 2.24) is 0 Å². The van der Waals surface area contributed by atoms with Crippen LogP contribution >= 0.6 is 12.6 Å². The molecule has 0 saturated heterocycles. The molecule has 1 spiro atoms. The summed E-state index contributed by atoms with van der Waals surface area (Å²) in [7, 11) is 0. The lowest BCUT2D eigenvalue weighted by atomic mass is 9.33. The van der Waals surface area contributed by atoms with E-state index in [9.17, 15) is 0 Å². The summed E-state index contributed by atoms with van der Waals surface area (Å²) >= 11 is 4.73. The highest BCUT2D eigenvalue weighted by atomic mass is 32.1. The summed E-state index contributed by atoms with van der Waals surface area (Å²) < 4.78 is 0. The van der Waals surface area contributed by atoms with Gasteiger partial charge in [0.05, 0.1) is 0 Å². The average molecular weight is 196 g/mol. The predicted octanol–water partition coefficient (Wildman–Crippen LogP) is 3.23. The molecule has 7 atom stereocenters. The number of hydrogen-bond donors (Lipinski definition) is 1. The van der Waals surface area contributed by atoms with E-state index in [-0.39, 0.29) is 0 Å². The molecule has 0 N–H and O–H groups in total. The third-order valence-electron chi connectivity index (χ3n) is 6.09. The van der Waals surface area contributed by atoms with Crippen molar-refractivity contribution in [3.05, 3.63) is 0 Å². The van der Waals surface area contributed by atoms with Gasteiger partial charge in [0.15, 0.2) is 0 Å². The van der Waals surface area contributed by atoms with Gasteiger partial charge in [0.25, 0.3) is 0 Å². The van der Waals surface area contributed by atoms with Gasteiger partial charge in [0, 0.05) is 5.25 Å². The van der Waals surface area contributed by atoms with Crippen molar-refractivity contribution >= 4 is 12.6 Å². The second-order valence-electron chi connectivity index (χ2n) is 6.15. The molecule has 13 heavy (non-hydrogen) atoms. The maximum atomic E-state index is 4.73. The summed E-state index contributed by atoms with van der Waals surface area (Å²) in [4.78, 5) is 0. The lowest BCUT2D eigenvalue weighted by Gasteiger charge is -2.72. The Labute approximate surface area is 86.9 Å². The first kappa shape index (κ1) is 8.64.